The summed E-state index contributed by atoms with van der Waals surface area (Å²) in [5.41, 5.74) is 1.06. The minimum Gasteiger partial charge on any atom is -0.494 e. The molecule has 1 rings (SSSR count). The van der Waals surface area contributed by atoms with Crippen molar-refractivity contribution in [2.75, 3.05) is 25.1 Å². The van der Waals surface area contributed by atoms with Gasteiger partial charge in [0.15, 0.2) is 0 Å². The van der Waals surface area contributed by atoms with Crippen LogP contribution in [0.25, 0.3) is 0 Å². The number of unbranched alkanes of at least 4 members (excludes halogenated alkanes) is 11. The van der Waals surface area contributed by atoms with E-state index in [1.165, 1.54) is 70.6 Å². The fraction of sp³-hybridized carbons (Fsp3) is 0.739. The highest BCUT2D eigenvalue weighted by atomic mass is 16.5. The zero-order valence-electron chi connectivity index (χ0n) is 17.0. The molecule has 2 N–H and O–H groups in total. The van der Waals surface area contributed by atoms with E-state index in [1.807, 2.05) is 24.3 Å². The van der Waals surface area contributed by atoms with E-state index in [0.717, 1.165) is 37.4 Å². The first kappa shape index (κ1) is 22.8. The Balaban J connectivity index is 1.92. The van der Waals surface area contributed by atoms with Crippen molar-refractivity contribution in [3.8, 4) is 5.75 Å². The van der Waals surface area contributed by atoms with Crippen LogP contribution in [0.15, 0.2) is 24.3 Å². The molecule has 26 heavy (non-hydrogen) atoms. The molecule has 3 heteroatoms. The number of hydrogen-bond acceptors (Lipinski definition) is 3. The van der Waals surface area contributed by atoms with Gasteiger partial charge in [0.25, 0.3) is 0 Å². The number of nitrogens with one attached hydrogen (secondary N) is 1. The van der Waals surface area contributed by atoms with E-state index in [0.29, 0.717) is 0 Å². The SMILES string of the molecule is CCCCCCCCCCCCCCOc1cccc(NCCCO)c1. The molecule has 0 amide bonds. The lowest BCUT2D eigenvalue weighted by Crippen LogP contribution is -2.04. The number of aliphatic hydroxyl groups excluding tert-OH is 1. The summed E-state index contributed by atoms with van der Waals surface area (Å²) in [4.78, 5) is 0. The average Bonchev–Trinajstić information content (AvgIpc) is 2.66. The lowest BCUT2D eigenvalue weighted by molar-refractivity contribution is 0.292. The van der Waals surface area contributed by atoms with Crippen molar-refractivity contribution in [3.63, 3.8) is 0 Å². The van der Waals surface area contributed by atoms with Crippen LogP contribution in [0.3, 0.4) is 0 Å². The summed E-state index contributed by atoms with van der Waals surface area (Å²) >= 11 is 0. The third-order valence-electron chi connectivity index (χ3n) is 4.76. The highest BCUT2D eigenvalue weighted by Gasteiger charge is 1.98. The second-order valence-corrected chi connectivity index (χ2v) is 7.27. The first-order valence-electron chi connectivity index (χ1n) is 10.9. The zero-order valence-corrected chi connectivity index (χ0v) is 17.0. The maximum Gasteiger partial charge on any atom is 0.121 e. The van der Waals surface area contributed by atoms with Crippen LogP contribution in [0, 0.1) is 0 Å². The molecule has 1 aromatic rings. The lowest BCUT2D eigenvalue weighted by atomic mass is 10.1. The standard InChI is InChI=1S/C23H41NO2/c1-2-3-4-5-6-7-8-9-10-11-12-13-20-26-23-17-14-16-22(21-23)24-18-15-19-25/h14,16-17,21,24-25H,2-13,15,18-20H2,1H3. The third kappa shape index (κ3) is 13.0. The van der Waals surface area contributed by atoms with Gasteiger partial charge in [-0.15, -0.1) is 0 Å². The molecule has 3 nitrogen and oxygen atoms in total. The minimum atomic E-state index is 0.224. The number of rotatable bonds is 18. The predicted molar refractivity (Wildman–Crippen MR) is 113 cm³/mol. The molecule has 150 valence electrons. The van der Waals surface area contributed by atoms with Gasteiger partial charge >= 0.3 is 0 Å². The van der Waals surface area contributed by atoms with Gasteiger partial charge in [0, 0.05) is 24.9 Å². The molecule has 0 fully saturated rings. The van der Waals surface area contributed by atoms with Gasteiger partial charge in [-0.05, 0) is 25.0 Å². The first-order valence-corrected chi connectivity index (χ1v) is 10.9. The summed E-state index contributed by atoms with van der Waals surface area (Å²) in [5, 5.41) is 12.1. The number of anilines is 1. The van der Waals surface area contributed by atoms with Crippen molar-refractivity contribution in [1.82, 2.24) is 0 Å². The number of ether oxygens (including phenoxy) is 1. The van der Waals surface area contributed by atoms with Crippen molar-refractivity contribution in [2.24, 2.45) is 0 Å². The monoisotopic (exact) mass is 363 g/mol. The average molecular weight is 364 g/mol. The van der Waals surface area contributed by atoms with Gasteiger partial charge in [-0.2, -0.15) is 0 Å². The van der Waals surface area contributed by atoms with E-state index in [1.54, 1.807) is 0 Å². The Morgan fingerprint density at radius 3 is 2.04 bits per heavy atom. The molecule has 0 aliphatic carbocycles. The topological polar surface area (TPSA) is 41.5 Å². The first-order chi connectivity index (χ1) is 12.9. The minimum absolute atomic E-state index is 0.224. The fourth-order valence-electron chi connectivity index (χ4n) is 3.14. The Kier molecular flexibility index (Phi) is 15.1. The van der Waals surface area contributed by atoms with Crippen LogP contribution >= 0.6 is 0 Å². The van der Waals surface area contributed by atoms with Crippen LogP contribution < -0.4 is 10.1 Å². The molecule has 0 bridgehead atoms. The van der Waals surface area contributed by atoms with Crippen molar-refractivity contribution in [3.05, 3.63) is 24.3 Å². The van der Waals surface area contributed by atoms with Crippen molar-refractivity contribution >= 4 is 5.69 Å². The maximum atomic E-state index is 8.82. The van der Waals surface area contributed by atoms with Crippen LogP contribution in [-0.4, -0.2) is 24.9 Å². The van der Waals surface area contributed by atoms with Crippen molar-refractivity contribution in [2.45, 2.75) is 90.4 Å². The zero-order chi connectivity index (χ0) is 18.7. The summed E-state index contributed by atoms with van der Waals surface area (Å²) in [5.74, 6) is 0.932. The van der Waals surface area contributed by atoms with Crippen LogP contribution in [-0.2, 0) is 0 Å². The van der Waals surface area contributed by atoms with Crippen molar-refractivity contribution in [1.29, 1.82) is 0 Å². The van der Waals surface area contributed by atoms with Gasteiger partial charge in [-0.1, -0.05) is 83.6 Å². The molecule has 0 saturated carbocycles. The highest BCUT2D eigenvalue weighted by Crippen LogP contribution is 2.18. The smallest absolute Gasteiger partial charge is 0.121 e. The summed E-state index contributed by atoms with van der Waals surface area (Å²) in [6.07, 6.45) is 17.2. The molecule has 0 spiro atoms. The third-order valence-corrected chi connectivity index (χ3v) is 4.76. The summed E-state index contributed by atoms with van der Waals surface area (Å²) < 4.78 is 5.86. The molecule has 1 aromatic carbocycles. The Hall–Kier alpha value is -1.22. The van der Waals surface area contributed by atoms with E-state index < -0.39 is 0 Å². The molecular formula is C23H41NO2. The Labute approximate surface area is 161 Å². The maximum absolute atomic E-state index is 8.82. The van der Waals surface area contributed by atoms with Gasteiger partial charge in [-0.25, -0.2) is 0 Å². The second kappa shape index (κ2) is 17.2. The van der Waals surface area contributed by atoms with Gasteiger partial charge in [-0.3, -0.25) is 0 Å². The number of benzene rings is 1. The molecular weight excluding hydrogens is 322 g/mol. The summed E-state index contributed by atoms with van der Waals surface area (Å²) in [6.45, 7) is 4.10. The van der Waals surface area contributed by atoms with E-state index >= 15 is 0 Å². The predicted octanol–water partition coefficient (Wildman–Crippen LogP) is 6.56. The molecule has 0 saturated heterocycles. The van der Waals surface area contributed by atoms with E-state index in [2.05, 4.69) is 12.2 Å². The largest absolute Gasteiger partial charge is 0.494 e. The second-order valence-electron chi connectivity index (χ2n) is 7.27. The highest BCUT2D eigenvalue weighted by molar-refractivity contribution is 5.48. The molecule has 0 aliphatic rings. The molecule has 0 atom stereocenters. The van der Waals surface area contributed by atoms with Gasteiger partial charge in [0.1, 0.15) is 5.75 Å². The fourth-order valence-corrected chi connectivity index (χ4v) is 3.14. The van der Waals surface area contributed by atoms with Crippen LogP contribution in [0.2, 0.25) is 0 Å². The number of aliphatic hydroxyl groups is 1. The van der Waals surface area contributed by atoms with E-state index in [9.17, 15) is 0 Å². The Morgan fingerprint density at radius 2 is 1.42 bits per heavy atom. The molecule has 0 aliphatic heterocycles. The normalized spacial score (nSPS) is 10.8. The molecule has 0 radical (unpaired) electrons. The van der Waals surface area contributed by atoms with Gasteiger partial charge < -0.3 is 15.2 Å². The van der Waals surface area contributed by atoms with E-state index in [-0.39, 0.29) is 6.61 Å². The van der Waals surface area contributed by atoms with E-state index in [4.69, 9.17) is 9.84 Å². The Morgan fingerprint density at radius 1 is 0.808 bits per heavy atom. The molecule has 0 heterocycles. The Bertz CT molecular complexity index is 422. The van der Waals surface area contributed by atoms with Gasteiger partial charge in [0.05, 0.1) is 6.61 Å². The molecule has 0 aromatic heterocycles. The van der Waals surface area contributed by atoms with Gasteiger partial charge in [0.2, 0.25) is 0 Å². The van der Waals surface area contributed by atoms with Crippen molar-refractivity contribution < 1.29 is 9.84 Å². The van der Waals surface area contributed by atoms with Crippen LogP contribution in [0.4, 0.5) is 5.69 Å². The summed E-state index contributed by atoms with van der Waals surface area (Å²) in [6, 6.07) is 8.10. The number of hydrogen-bond donors (Lipinski definition) is 2. The summed E-state index contributed by atoms with van der Waals surface area (Å²) in [7, 11) is 0. The van der Waals surface area contributed by atoms with Crippen LogP contribution in [0.1, 0.15) is 90.4 Å². The molecule has 0 unspecified atom stereocenters. The van der Waals surface area contributed by atoms with Crippen LogP contribution in [0.5, 0.6) is 5.75 Å². The quantitative estimate of drug-likeness (QED) is 0.290. The lowest BCUT2D eigenvalue weighted by Gasteiger charge is -2.09.